The molecule has 0 aromatic carbocycles. The second kappa shape index (κ2) is 6.62. The topological polar surface area (TPSA) is 72.3 Å². The lowest BCUT2D eigenvalue weighted by Gasteiger charge is -2.32. The van der Waals surface area contributed by atoms with Crippen molar-refractivity contribution in [1.29, 1.82) is 0 Å². The molecule has 128 valence electrons. The molecule has 0 spiro atoms. The number of aromatic nitrogens is 3. The number of aryl methyl sites for hydroxylation is 1. The van der Waals surface area contributed by atoms with Gasteiger partial charge in [0, 0.05) is 44.0 Å². The summed E-state index contributed by atoms with van der Waals surface area (Å²) in [6.45, 7) is 2.38. The monoisotopic (exact) mass is 347 g/mol. The molecule has 24 heavy (non-hydrogen) atoms. The fraction of sp³-hybridized carbons (Fsp3) is 0.562. The lowest BCUT2D eigenvalue weighted by molar-refractivity contribution is -0.0211. The SMILES string of the molecule is Cn1cc(C(=O)N[C@H]2CN(Cc3nccs3)[C@@H]3CCCO[C@H]23)cn1. The molecule has 0 unspecified atom stereocenters. The van der Waals surface area contributed by atoms with E-state index in [0.29, 0.717) is 11.6 Å². The van der Waals surface area contributed by atoms with Crippen molar-refractivity contribution in [3.63, 3.8) is 0 Å². The van der Waals surface area contributed by atoms with Crippen molar-refractivity contribution in [3.05, 3.63) is 34.5 Å². The summed E-state index contributed by atoms with van der Waals surface area (Å²) >= 11 is 1.67. The highest BCUT2D eigenvalue weighted by molar-refractivity contribution is 7.09. The highest BCUT2D eigenvalue weighted by atomic mass is 32.1. The van der Waals surface area contributed by atoms with E-state index in [1.165, 1.54) is 0 Å². The average molecular weight is 347 g/mol. The second-order valence-electron chi connectivity index (χ2n) is 6.38. The number of ether oxygens (including phenoxy) is 1. The van der Waals surface area contributed by atoms with Gasteiger partial charge in [0.15, 0.2) is 0 Å². The maximum Gasteiger partial charge on any atom is 0.254 e. The Kier molecular flexibility index (Phi) is 4.34. The second-order valence-corrected chi connectivity index (χ2v) is 7.36. The highest BCUT2D eigenvalue weighted by Gasteiger charge is 2.44. The van der Waals surface area contributed by atoms with E-state index in [2.05, 4.69) is 20.3 Å². The third-order valence-electron chi connectivity index (χ3n) is 4.74. The van der Waals surface area contributed by atoms with Gasteiger partial charge in [-0.05, 0) is 12.8 Å². The van der Waals surface area contributed by atoms with Crippen LogP contribution in [-0.4, -0.2) is 56.9 Å². The van der Waals surface area contributed by atoms with Crippen LogP contribution in [0.2, 0.25) is 0 Å². The Hall–Kier alpha value is -1.77. The molecule has 2 aromatic rings. The van der Waals surface area contributed by atoms with Crippen molar-refractivity contribution in [3.8, 4) is 0 Å². The zero-order valence-electron chi connectivity index (χ0n) is 13.6. The first-order chi connectivity index (χ1) is 11.7. The molecule has 2 fully saturated rings. The summed E-state index contributed by atoms with van der Waals surface area (Å²) in [6, 6.07) is 0.352. The number of likely N-dealkylation sites (tertiary alicyclic amines) is 1. The van der Waals surface area contributed by atoms with Crippen LogP contribution in [0.5, 0.6) is 0 Å². The fourth-order valence-electron chi connectivity index (χ4n) is 3.66. The summed E-state index contributed by atoms with van der Waals surface area (Å²) < 4.78 is 7.65. The Morgan fingerprint density at radius 3 is 3.21 bits per heavy atom. The predicted octanol–water partition coefficient (Wildman–Crippen LogP) is 1.04. The van der Waals surface area contributed by atoms with Gasteiger partial charge in [0.25, 0.3) is 5.91 Å². The molecule has 4 rings (SSSR count). The molecule has 0 aliphatic carbocycles. The van der Waals surface area contributed by atoms with Crippen LogP contribution < -0.4 is 5.32 Å². The third kappa shape index (κ3) is 3.09. The molecule has 7 nitrogen and oxygen atoms in total. The molecule has 2 aliphatic rings. The van der Waals surface area contributed by atoms with Crippen molar-refractivity contribution in [1.82, 2.24) is 25.0 Å². The summed E-state index contributed by atoms with van der Waals surface area (Å²) in [7, 11) is 1.81. The van der Waals surface area contributed by atoms with Gasteiger partial charge >= 0.3 is 0 Å². The zero-order valence-corrected chi connectivity index (χ0v) is 14.4. The number of fused-ring (bicyclic) bond motifs is 1. The van der Waals surface area contributed by atoms with Gasteiger partial charge in [-0.25, -0.2) is 4.98 Å². The third-order valence-corrected chi connectivity index (χ3v) is 5.50. The van der Waals surface area contributed by atoms with E-state index in [4.69, 9.17) is 4.74 Å². The van der Waals surface area contributed by atoms with Crippen LogP contribution >= 0.6 is 11.3 Å². The largest absolute Gasteiger partial charge is 0.374 e. The van der Waals surface area contributed by atoms with Crippen LogP contribution in [0.1, 0.15) is 28.2 Å². The first-order valence-electron chi connectivity index (χ1n) is 8.24. The summed E-state index contributed by atoms with van der Waals surface area (Å²) in [6.07, 6.45) is 7.40. The number of hydrogen-bond donors (Lipinski definition) is 1. The molecule has 2 saturated heterocycles. The van der Waals surface area contributed by atoms with Crippen LogP contribution in [0, 0.1) is 0 Å². The van der Waals surface area contributed by atoms with E-state index >= 15 is 0 Å². The lowest BCUT2D eigenvalue weighted by Crippen LogP contribution is -2.47. The number of carbonyl (C=O) groups is 1. The molecular weight excluding hydrogens is 326 g/mol. The van der Waals surface area contributed by atoms with Crippen molar-refractivity contribution < 1.29 is 9.53 Å². The quantitative estimate of drug-likeness (QED) is 0.895. The van der Waals surface area contributed by atoms with Gasteiger partial charge in [-0.1, -0.05) is 0 Å². The minimum atomic E-state index is -0.0860. The van der Waals surface area contributed by atoms with E-state index in [9.17, 15) is 4.79 Å². The molecule has 1 N–H and O–H groups in total. The Balaban J connectivity index is 1.47. The Bertz CT molecular complexity index is 701. The van der Waals surface area contributed by atoms with Gasteiger partial charge in [0.2, 0.25) is 0 Å². The summed E-state index contributed by atoms with van der Waals surface area (Å²) in [5.74, 6) is -0.0860. The Morgan fingerprint density at radius 1 is 1.54 bits per heavy atom. The minimum Gasteiger partial charge on any atom is -0.374 e. The van der Waals surface area contributed by atoms with Crippen molar-refractivity contribution in [2.24, 2.45) is 7.05 Å². The van der Waals surface area contributed by atoms with Gasteiger partial charge in [0.1, 0.15) is 5.01 Å². The number of thiazole rings is 1. The van der Waals surface area contributed by atoms with Gasteiger partial charge in [-0.2, -0.15) is 5.10 Å². The fourth-order valence-corrected chi connectivity index (χ4v) is 4.30. The predicted molar refractivity (Wildman–Crippen MR) is 89.7 cm³/mol. The van der Waals surface area contributed by atoms with E-state index in [0.717, 1.165) is 37.5 Å². The van der Waals surface area contributed by atoms with Crippen molar-refractivity contribution >= 4 is 17.2 Å². The van der Waals surface area contributed by atoms with Gasteiger partial charge in [0.05, 0.1) is 30.5 Å². The first-order valence-corrected chi connectivity index (χ1v) is 9.12. The number of carbonyl (C=O) groups excluding carboxylic acids is 1. The number of nitrogens with zero attached hydrogens (tertiary/aromatic N) is 4. The molecule has 1 amide bonds. The summed E-state index contributed by atoms with van der Waals surface area (Å²) in [5.41, 5.74) is 0.586. The van der Waals surface area contributed by atoms with Gasteiger partial charge in [-0.15, -0.1) is 11.3 Å². The van der Waals surface area contributed by atoms with Crippen LogP contribution in [0.3, 0.4) is 0 Å². The van der Waals surface area contributed by atoms with E-state index in [1.54, 1.807) is 28.4 Å². The van der Waals surface area contributed by atoms with E-state index in [1.807, 2.05) is 18.6 Å². The number of hydrogen-bond acceptors (Lipinski definition) is 6. The molecular formula is C16H21N5O2S. The van der Waals surface area contributed by atoms with Crippen LogP contribution in [0.25, 0.3) is 0 Å². The van der Waals surface area contributed by atoms with Crippen LogP contribution in [0.15, 0.2) is 24.0 Å². The summed E-state index contributed by atoms with van der Waals surface area (Å²) in [4.78, 5) is 19.3. The minimum absolute atomic E-state index is 0.00275. The summed E-state index contributed by atoms with van der Waals surface area (Å²) in [5, 5.41) is 10.3. The van der Waals surface area contributed by atoms with E-state index < -0.39 is 0 Å². The lowest BCUT2D eigenvalue weighted by atomic mass is 10.0. The Labute approximate surface area is 144 Å². The zero-order chi connectivity index (χ0) is 16.5. The maximum atomic E-state index is 12.5. The maximum absolute atomic E-state index is 12.5. The molecule has 4 heterocycles. The molecule has 0 radical (unpaired) electrons. The van der Waals surface area contributed by atoms with Crippen molar-refractivity contribution in [2.45, 2.75) is 37.6 Å². The van der Waals surface area contributed by atoms with Crippen molar-refractivity contribution in [2.75, 3.05) is 13.2 Å². The highest BCUT2D eigenvalue weighted by Crippen LogP contribution is 2.30. The van der Waals surface area contributed by atoms with Gasteiger partial charge in [-0.3, -0.25) is 14.4 Å². The number of rotatable bonds is 4. The Morgan fingerprint density at radius 2 is 2.46 bits per heavy atom. The molecule has 3 atom stereocenters. The number of amides is 1. The first kappa shape index (κ1) is 15.7. The molecule has 0 saturated carbocycles. The number of nitrogens with one attached hydrogen (secondary N) is 1. The molecule has 0 bridgehead atoms. The van der Waals surface area contributed by atoms with Crippen LogP contribution in [0.4, 0.5) is 0 Å². The molecule has 2 aliphatic heterocycles. The van der Waals surface area contributed by atoms with E-state index in [-0.39, 0.29) is 18.1 Å². The average Bonchev–Trinajstić information content (AvgIpc) is 3.30. The normalized spacial score (nSPS) is 27.1. The standard InChI is InChI=1S/C16H21N5O2S/c1-20-8-11(7-18-20)16(22)19-12-9-21(10-14-17-4-6-24-14)13-3-2-5-23-15(12)13/h4,6-8,12-13,15H,2-3,5,9-10H2,1H3,(H,19,22)/t12-,13+,15+/m0/s1. The smallest absolute Gasteiger partial charge is 0.254 e. The van der Waals surface area contributed by atoms with Crippen LogP contribution in [-0.2, 0) is 18.3 Å². The molecule has 8 heteroatoms. The molecule has 2 aromatic heterocycles. The van der Waals surface area contributed by atoms with Gasteiger partial charge < -0.3 is 10.1 Å².